The zero-order chi connectivity index (χ0) is 35.2. The zero-order valence-corrected chi connectivity index (χ0v) is 28.9. The molecule has 4 heterocycles. The van der Waals surface area contributed by atoms with Crippen molar-refractivity contribution in [3.05, 3.63) is 53.1 Å². The number of morpholine rings is 1. The quantitative estimate of drug-likeness (QED) is 0.382. The minimum Gasteiger partial charge on any atom is -0.497 e. The molecule has 2 amide bonds. The van der Waals surface area contributed by atoms with Gasteiger partial charge in [-0.1, -0.05) is 25.3 Å². The second-order valence-corrected chi connectivity index (χ2v) is 16.6. The summed E-state index contributed by atoms with van der Waals surface area (Å²) in [5, 5.41) is 0.898. The molecular formula is C36H41F3N4O6S. The monoisotopic (exact) mass is 714 g/mol. The van der Waals surface area contributed by atoms with Gasteiger partial charge >= 0.3 is 6.18 Å². The molecule has 1 N–H and O–H groups in total. The average molecular weight is 715 g/mol. The van der Waals surface area contributed by atoms with Gasteiger partial charge in [0.2, 0.25) is 15.9 Å². The highest BCUT2D eigenvalue weighted by atomic mass is 32.2. The number of benzene rings is 2. The molecule has 0 radical (unpaired) electrons. The van der Waals surface area contributed by atoms with Crippen molar-refractivity contribution in [1.29, 1.82) is 0 Å². The number of amides is 2. The van der Waals surface area contributed by atoms with Crippen LogP contribution in [0.3, 0.4) is 0 Å². The van der Waals surface area contributed by atoms with Crippen molar-refractivity contribution in [3.63, 3.8) is 0 Å². The van der Waals surface area contributed by atoms with Crippen LogP contribution in [0.25, 0.3) is 22.2 Å². The maximum Gasteiger partial charge on any atom is 0.404 e. The zero-order valence-electron chi connectivity index (χ0n) is 28.1. The largest absolute Gasteiger partial charge is 0.497 e. The average Bonchev–Trinajstić information content (AvgIpc) is 3.72. The molecule has 1 aromatic heterocycles. The number of nitrogens with zero attached hydrogens (tertiary/aromatic N) is 3. The molecule has 14 heteroatoms. The van der Waals surface area contributed by atoms with Crippen LogP contribution in [0.4, 0.5) is 13.2 Å². The third-order valence-electron chi connectivity index (χ3n) is 11.5. The molecule has 2 aromatic carbocycles. The summed E-state index contributed by atoms with van der Waals surface area (Å²) in [6.45, 7) is 2.71. The molecule has 0 spiro atoms. The number of fused-ring (bicyclic) bond motifs is 9. The lowest BCUT2D eigenvalue weighted by Crippen LogP contribution is -2.66. The van der Waals surface area contributed by atoms with Crippen LogP contribution in [-0.2, 0) is 26.1 Å². The number of carbonyl (C=O) groups excluding carboxylic acids is 2. The van der Waals surface area contributed by atoms with Crippen molar-refractivity contribution >= 4 is 32.7 Å². The third kappa shape index (κ3) is 5.67. The van der Waals surface area contributed by atoms with E-state index in [9.17, 15) is 26.4 Å². The first-order valence-electron chi connectivity index (χ1n) is 17.3. The number of carbonyl (C=O) groups is 2. The Hall–Kier alpha value is -3.62. The van der Waals surface area contributed by atoms with Crippen LogP contribution in [0.1, 0.15) is 71.8 Å². The summed E-state index contributed by atoms with van der Waals surface area (Å²) in [6.07, 6.45) is 0.877. The Morgan fingerprint density at radius 3 is 2.44 bits per heavy atom. The predicted octanol–water partition coefficient (Wildman–Crippen LogP) is 5.02. The van der Waals surface area contributed by atoms with E-state index in [1.807, 2.05) is 12.1 Å². The molecule has 3 aliphatic heterocycles. The smallest absolute Gasteiger partial charge is 0.404 e. The molecule has 268 valence electrons. The van der Waals surface area contributed by atoms with Gasteiger partial charge in [-0.25, -0.2) is 13.1 Å². The number of rotatable bonds is 6. The lowest BCUT2D eigenvalue weighted by atomic mass is 9.81. The molecule has 5 aliphatic rings. The van der Waals surface area contributed by atoms with Gasteiger partial charge in [0, 0.05) is 47.6 Å². The fourth-order valence-corrected chi connectivity index (χ4v) is 10.2. The molecule has 10 nitrogen and oxygen atoms in total. The highest BCUT2D eigenvalue weighted by Gasteiger charge is 2.65. The Morgan fingerprint density at radius 2 is 1.76 bits per heavy atom. The second kappa shape index (κ2) is 12.0. The SMILES string of the molecule is COc1ccc2c(c1)C1CC1(C(=O)N1C3COCC1CN(C)C3)Cn1c-2c(C2CCCCC2)c2ccc(C(=O)NS(=O)(=O)CC(F)(F)F)cc21. The first-order valence-corrected chi connectivity index (χ1v) is 19.0. The van der Waals surface area contributed by atoms with E-state index in [4.69, 9.17) is 9.47 Å². The summed E-state index contributed by atoms with van der Waals surface area (Å²) in [7, 11) is -1.29. The van der Waals surface area contributed by atoms with Crippen LogP contribution >= 0.6 is 0 Å². The second-order valence-electron chi connectivity index (χ2n) is 14.9. The van der Waals surface area contributed by atoms with Gasteiger partial charge in [0.05, 0.1) is 43.5 Å². The van der Waals surface area contributed by atoms with Crippen molar-refractivity contribution in [2.24, 2.45) is 5.41 Å². The van der Waals surface area contributed by atoms with Gasteiger partial charge in [0.1, 0.15) is 5.75 Å². The van der Waals surface area contributed by atoms with E-state index in [0.29, 0.717) is 50.5 Å². The number of hydrogen-bond acceptors (Lipinski definition) is 7. The Kier molecular flexibility index (Phi) is 8.03. The maximum absolute atomic E-state index is 15.0. The minimum absolute atomic E-state index is 0.0728. The highest BCUT2D eigenvalue weighted by molar-refractivity contribution is 7.90. The number of sulfonamides is 1. The van der Waals surface area contributed by atoms with E-state index < -0.39 is 33.3 Å². The van der Waals surface area contributed by atoms with Gasteiger partial charge in [-0.2, -0.15) is 13.2 Å². The number of aromatic nitrogens is 1. The summed E-state index contributed by atoms with van der Waals surface area (Å²) < 4.78 is 78.8. The van der Waals surface area contributed by atoms with E-state index in [2.05, 4.69) is 27.5 Å². The molecule has 4 fully saturated rings. The Morgan fingerprint density at radius 1 is 1.04 bits per heavy atom. The molecule has 4 unspecified atom stereocenters. The molecule has 8 rings (SSSR count). The van der Waals surface area contributed by atoms with Crippen LogP contribution in [0, 0.1) is 5.41 Å². The van der Waals surface area contributed by atoms with Crippen LogP contribution in [0.2, 0.25) is 0 Å². The predicted molar refractivity (Wildman–Crippen MR) is 180 cm³/mol. The highest BCUT2D eigenvalue weighted by Crippen LogP contribution is 2.66. The number of halogens is 3. The van der Waals surface area contributed by atoms with Crippen molar-refractivity contribution in [2.75, 3.05) is 46.2 Å². The summed E-state index contributed by atoms with van der Waals surface area (Å²) in [6, 6.07) is 10.7. The Balaban J connectivity index is 1.29. The molecule has 3 aromatic rings. The summed E-state index contributed by atoms with van der Waals surface area (Å²) in [5.41, 5.74) is 3.97. The van der Waals surface area contributed by atoms with Gasteiger partial charge in [0.25, 0.3) is 5.91 Å². The van der Waals surface area contributed by atoms with Crippen molar-refractivity contribution in [1.82, 2.24) is 19.1 Å². The van der Waals surface area contributed by atoms with Gasteiger partial charge in [-0.05, 0) is 73.7 Å². The maximum atomic E-state index is 15.0. The van der Waals surface area contributed by atoms with Crippen molar-refractivity contribution in [3.8, 4) is 17.0 Å². The summed E-state index contributed by atoms with van der Waals surface area (Å²) >= 11 is 0. The molecule has 2 bridgehead atoms. The Labute approximate surface area is 288 Å². The fourth-order valence-electron chi connectivity index (χ4n) is 9.34. The van der Waals surface area contributed by atoms with Gasteiger partial charge < -0.3 is 23.8 Å². The van der Waals surface area contributed by atoms with Crippen molar-refractivity contribution < 1.29 is 40.7 Å². The number of nitrogens with one attached hydrogen (secondary N) is 1. The molecule has 2 saturated heterocycles. The summed E-state index contributed by atoms with van der Waals surface area (Å²) in [4.78, 5) is 32.6. The molecule has 2 aliphatic carbocycles. The number of alkyl halides is 3. The van der Waals surface area contributed by atoms with E-state index in [1.165, 1.54) is 6.07 Å². The van der Waals surface area contributed by atoms with Gasteiger partial charge in [-0.3, -0.25) is 9.59 Å². The van der Waals surface area contributed by atoms with E-state index in [1.54, 1.807) is 24.0 Å². The number of likely N-dealkylation sites (N-methyl/N-ethyl adjacent to an activating group) is 1. The first-order chi connectivity index (χ1) is 23.8. The normalized spacial score (nSPS) is 26.8. The van der Waals surface area contributed by atoms with Crippen LogP contribution in [-0.4, -0.2) is 99.1 Å². The first kappa shape index (κ1) is 33.5. The third-order valence-corrected chi connectivity index (χ3v) is 12.7. The molecule has 4 atom stereocenters. The minimum atomic E-state index is -5.00. The lowest BCUT2D eigenvalue weighted by Gasteiger charge is -2.50. The van der Waals surface area contributed by atoms with Crippen LogP contribution < -0.4 is 9.46 Å². The van der Waals surface area contributed by atoms with Crippen LogP contribution in [0.15, 0.2) is 36.4 Å². The number of methoxy groups -OCH3 is 1. The standard InChI is InChI=1S/C36H41F3N4O6S/c1-41-15-23-17-49-18-24(16-41)43(23)34(45)35-14-29(35)28-13-25(48-2)9-11-26(28)32-31(21-6-4-3-5-7-21)27-10-8-22(12-30(27)42(32)19-35)33(44)40-50(46,47)20-36(37,38)39/h8-13,21,23-24,29H,3-7,14-20H2,1-2H3,(H,40,44). The number of piperazine rings is 1. The van der Waals surface area contributed by atoms with E-state index >= 15 is 4.79 Å². The van der Waals surface area contributed by atoms with Crippen molar-refractivity contribution in [2.45, 2.75) is 75.2 Å². The fraction of sp³-hybridized carbons (Fsp3) is 0.556. The Bertz CT molecular complexity index is 1980. The molecule has 50 heavy (non-hydrogen) atoms. The van der Waals surface area contributed by atoms with E-state index in [0.717, 1.165) is 59.9 Å². The molecule has 2 saturated carbocycles. The summed E-state index contributed by atoms with van der Waals surface area (Å²) in [5.74, 6) is -2.36. The number of ether oxygens (including phenoxy) is 2. The lowest BCUT2D eigenvalue weighted by molar-refractivity contribution is -0.160. The van der Waals surface area contributed by atoms with Crippen LogP contribution in [0.5, 0.6) is 5.75 Å². The van der Waals surface area contributed by atoms with E-state index in [-0.39, 0.29) is 35.4 Å². The van der Waals surface area contributed by atoms with Gasteiger partial charge in [-0.15, -0.1) is 0 Å². The molecular weight excluding hydrogens is 673 g/mol. The van der Waals surface area contributed by atoms with Gasteiger partial charge in [0.15, 0.2) is 5.75 Å². The topological polar surface area (TPSA) is 110 Å². The number of hydrogen-bond donors (Lipinski definition) is 1.